The zero-order chi connectivity index (χ0) is 8.77. The van der Waals surface area contributed by atoms with Gasteiger partial charge in [-0.05, 0) is 25.7 Å². The lowest BCUT2D eigenvalue weighted by molar-refractivity contribution is 0.436. The Morgan fingerprint density at radius 1 is 1.08 bits per heavy atom. The van der Waals surface area contributed by atoms with Crippen LogP contribution in [0, 0.1) is 0 Å². The summed E-state index contributed by atoms with van der Waals surface area (Å²) in [6.45, 7) is 0. The van der Waals surface area contributed by atoms with E-state index in [1.807, 2.05) is 0 Å². The molecule has 3 atom stereocenters. The smallest absolute Gasteiger partial charge is 0.157 e. The van der Waals surface area contributed by atoms with Crippen molar-refractivity contribution in [2.75, 3.05) is 0 Å². The van der Waals surface area contributed by atoms with Crippen molar-refractivity contribution < 1.29 is 8.42 Å². The minimum atomic E-state index is -2.85. The summed E-state index contributed by atoms with van der Waals surface area (Å²) in [5.74, 6) is 0. The van der Waals surface area contributed by atoms with Crippen molar-refractivity contribution in [1.82, 2.24) is 0 Å². The van der Waals surface area contributed by atoms with Crippen LogP contribution < -0.4 is 0 Å². The van der Waals surface area contributed by atoms with Crippen molar-refractivity contribution in [3.63, 3.8) is 0 Å². The second-order valence-corrected chi connectivity index (χ2v) is 6.78. The van der Waals surface area contributed by atoms with E-state index in [1.54, 1.807) is 0 Å². The first-order valence-corrected chi connectivity index (χ1v) is 6.54. The molecule has 12 heavy (non-hydrogen) atoms. The third-order valence-corrected chi connectivity index (χ3v) is 6.55. The summed E-state index contributed by atoms with van der Waals surface area (Å²) in [7, 11) is -2.85. The van der Waals surface area contributed by atoms with E-state index in [4.69, 9.17) is 11.6 Å². The fraction of sp³-hybridized carbons (Fsp3) is 1.00. The summed E-state index contributed by atoms with van der Waals surface area (Å²) in [5.41, 5.74) is 0. The van der Waals surface area contributed by atoms with Crippen LogP contribution in [-0.4, -0.2) is 24.3 Å². The monoisotopic (exact) mass is 208 g/mol. The predicted octanol–water partition coefficient (Wildman–Crippen LogP) is 1.72. The van der Waals surface area contributed by atoms with Crippen molar-refractivity contribution in [2.24, 2.45) is 0 Å². The molecule has 0 aliphatic carbocycles. The number of sulfone groups is 1. The Bertz CT molecular complexity index is 273. The fourth-order valence-corrected chi connectivity index (χ4v) is 5.53. The lowest BCUT2D eigenvalue weighted by Gasteiger charge is -2.37. The molecule has 2 saturated heterocycles. The lowest BCUT2D eigenvalue weighted by Crippen LogP contribution is -2.46. The van der Waals surface area contributed by atoms with Crippen molar-refractivity contribution in [2.45, 2.75) is 48.0 Å². The number of halogens is 1. The van der Waals surface area contributed by atoms with Crippen LogP contribution in [0.1, 0.15) is 32.1 Å². The quantitative estimate of drug-likeness (QED) is 0.569. The van der Waals surface area contributed by atoms with E-state index < -0.39 is 9.84 Å². The van der Waals surface area contributed by atoms with Crippen LogP contribution >= 0.6 is 11.6 Å². The maximum atomic E-state index is 11.7. The molecule has 2 heterocycles. The van der Waals surface area contributed by atoms with Crippen LogP contribution in [0.25, 0.3) is 0 Å². The third-order valence-electron chi connectivity index (χ3n) is 3.07. The summed E-state index contributed by atoms with van der Waals surface area (Å²) >= 11 is 5.99. The lowest BCUT2D eigenvalue weighted by atomic mass is 9.98. The van der Waals surface area contributed by atoms with Gasteiger partial charge in [0.05, 0.1) is 15.9 Å². The second kappa shape index (κ2) is 2.88. The Balaban J connectivity index is 2.34. The van der Waals surface area contributed by atoms with E-state index in [0.717, 1.165) is 32.1 Å². The molecule has 2 fully saturated rings. The SMILES string of the molecule is O=S1(=O)[C@@H]2CCC[C@@H]1[C@H](Cl)CC2. The first-order chi connectivity index (χ1) is 5.62. The van der Waals surface area contributed by atoms with E-state index in [9.17, 15) is 8.42 Å². The van der Waals surface area contributed by atoms with Crippen molar-refractivity contribution in [1.29, 1.82) is 0 Å². The van der Waals surface area contributed by atoms with Crippen LogP contribution in [0.3, 0.4) is 0 Å². The zero-order valence-electron chi connectivity index (χ0n) is 6.87. The van der Waals surface area contributed by atoms with Gasteiger partial charge in [-0.2, -0.15) is 0 Å². The summed E-state index contributed by atoms with van der Waals surface area (Å²) in [4.78, 5) is 0. The average Bonchev–Trinajstić information content (AvgIpc) is 1.95. The number of hydrogen-bond acceptors (Lipinski definition) is 2. The molecular formula is C8H13ClO2S. The molecule has 4 heteroatoms. The Hall–Kier alpha value is 0.240. The van der Waals surface area contributed by atoms with E-state index in [1.165, 1.54) is 0 Å². The highest BCUT2D eigenvalue weighted by Crippen LogP contribution is 2.38. The highest BCUT2D eigenvalue weighted by atomic mass is 35.5. The Kier molecular flexibility index (Phi) is 2.11. The molecule has 0 aromatic heterocycles. The van der Waals surface area contributed by atoms with Crippen molar-refractivity contribution in [3.8, 4) is 0 Å². The first kappa shape index (κ1) is 8.82. The molecule has 0 amide bonds. The van der Waals surface area contributed by atoms with E-state index in [0.29, 0.717) is 0 Å². The van der Waals surface area contributed by atoms with E-state index in [2.05, 4.69) is 0 Å². The Morgan fingerprint density at radius 2 is 1.83 bits per heavy atom. The second-order valence-electron chi connectivity index (χ2n) is 3.77. The van der Waals surface area contributed by atoms with Gasteiger partial charge in [-0.3, -0.25) is 0 Å². The number of hydrogen-bond donors (Lipinski definition) is 0. The number of alkyl halides is 1. The topological polar surface area (TPSA) is 34.1 Å². The molecule has 2 bridgehead atoms. The van der Waals surface area contributed by atoms with Crippen molar-refractivity contribution in [3.05, 3.63) is 0 Å². The van der Waals surface area contributed by atoms with Gasteiger partial charge in [-0.25, -0.2) is 8.42 Å². The molecule has 0 aromatic rings. The summed E-state index contributed by atoms with van der Waals surface area (Å²) in [6.07, 6.45) is 4.36. The molecule has 70 valence electrons. The zero-order valence-corrected chi connectivity index (χ0v) is 8.44. The molecule has 2 aliphatic heterocycles. The number of rotatable bonds is 0. The minimum absolute atomic E-state index is 0.0637. The van der Waals surface area contributed by atoms with Gasteiger partial charge in [-0.1, -0.05) is 6.42 Å². The van der Waals surface area contributed by atoms with Gasteiger partial charge in [0.15, 0.2) is 9.84 Å². The maximum Gasteiger partial charge on any atom is 0.157 e. The standard InChI is InChI=1S/C8H13ClO2S/c9-7-5-4-6-2-1-3-8(7)12(6,10)11/h6-8H,1-5H2/t6-,7-,8-/m1/s1. The fourth-order valence-electron chi connectivity index (χ4n) is 2.35. The average molecular weight is 209 g/mol. The van der Waals surface area contributed by atoms with Gasteiger partial charge < -0.3 is 0 Å². The number of fused-ring (bicyclic) bond motifs is 2. The van der Waals surface area contributed by atoms with Gasteiger partial charge in [0.25, 0.3) is 0 Å². The minimum Gasteiger partial charge on any atom is -0.228 e. The molecule has 2 nitrogen and oxygen atoms in total. The van der Waals surface area contributed by atoms with Crippen LogP contribution in [0.2, 0.25) is 0 Å². The van der Waals surface area contributed by atoms with Crippen LogP contribution in [0.15, 0.2) is 0 Å². The molecule has 2 rings (SSSR count). The van der Waals surface area contributed by atoms with E-state index in [-0.39, 0.29) is 15.9 Å². The van der Waals surface area contributed by atoms with Crippen molar-refractivity contribution >= 4 is 21.4 Å². The van der Waals surface area contributed by atoms with Gasteiger partial charge >= 0.3 is 0 Å². The third kappa shape index (κ3) is 1.18. The summed E-state index contributed by atoms with van der Waals surface area (Å²) < 4.78 is 23.4. The van der Waals surface area contributed by atoms with Gasteiger partial charge in [0.2, 0.25) is 0 Å². The molecule has 0 radical (unpaired) electrons. The molecule has 0 saturated carbocycles. The molecule has 0 N–H and O–H groups in total. The van der Waals surface area contributed by atoms with Gasteiger partial charge in [0, 0.05) is 0 Å². The molecular weight excluding hydrogens is 196 g/mol. The van der Waals surface area contributed by atoms with E-state index >= 15 is 0 Å². The normalized spacial score (nSPS) is 45.6. The van der Waals surface area contributed by atoms with Gasteiger partial charge in [-0.15, -0.1) is 11.6 Å². The van der Waals surface area contributed by atoms with Crippen LogP contribution in [0.4, 0.5) is 0 Å². The Labute approximate surface area is 78.2 Å². The van der Waals surface area contributed by atoms with Gasteiger partial charge in [0.1, 0.15) is 0 Å². The predicted molar refractivity (Wildman–Crippen MR) is 49.2 cm³/mol. The highest BCUT2D eigenvalue weighted by Gasteiger charge is 2.44. The largest absolute Gasteiger partial charge is 0.228 e. The summed E-state index contributed by atoms with van der Waals surface area (Å²) in [5, 5.41) is -0.413. The molecule has 0 spiro atoms. The highest BCUT2D eigenvalue weighted by molar-refractivity contribution is 7.92. The molecule has 2 aliphatic rings. The first-order valence-electron chi connectivity index (χ1n) is 4.49. The molecule has 0 unspecified atom stereocenters. The molecule has 0 aromatic carbocycles. The maximum absolute atomic E-state index is 11.7. The van der Waals surface area contributed by atoms with Crippen LogP contribution in [0.5, 0.6) is 0 Å². The Morgan fingerprint density at radius 3 is 2.50 bits per heavy atom. The summed E-state index contributed by atoms with van der Waals surface area (Å²) in [6, 6.07) is 0. The van der Waals surface area contributed by atoms with Crippen LogP contribution in [-0.2, 0) is 9.84 Å².